The molecule has 2 N–H and O–H groups in total. The van der Waals surface area contributed by atoms with Crippen LogP contribution in [0.25, 0.3) is 0 Å². The van der Waals surface area contributed by atoms with Crippen LogP contribution in [-0.2, 0) is 6.54 Å². The van der Waals surface area contributed by atoms with Crippen molar-refractivity contribution < 1.29 is 4.39 Å². The van der Waals surface area contributed by atoms with E-state index in [0.29, 0.717) is 5.69 Å². The summed E-state index contributed by atoms with van der Waals surface area (Å²) in [6, 6.07) is 15.0. The predicted molar refractivity (Wildman–Crippen MR) is 84.7 cm³/mol. The Hall–Kier alpha value is -2.07. The summed E-state index contributed by atoms with van der Waals surface area (Å²) in [6.07, 6.45) is 0. The van der Waals surface area contributed by atoms with Gasteiger partial charge < -0.3 is 10.6 Å². The van der Waals surface area contributed by atoms with Crippen molar-refractivity contribution >= 4 is 11.4 Å². The second-order valence-corrected chi connectivity index (χ2v) is 5.45. The highest BCUT2D eigenvalue weighted by atomic mass is 19.1. The lowest BCUT2D eigenvalue weighted by Gasteiger charge is -2.36. The molecule has 0 saturated carbocycles. The van der Waals surface area contributed by atoms with Gasteiger partial charge in [0.2, 0.25) is 0 Å². The van der Waals surface area contributed by atoms with Crippen LogP contribution in [0, 0.1) is 5.82 Å². The summed E-state index contributed by atoms with van der Waals surface area (Å²) < 4.78 is 13.4. The molecule has 21 heavy (non-hydrogen) atoms. The lowest BCUT2D eigenvalue weighted by atomic mass is 10.2. The zero-order chi connectivity index (χ0) is 14.7. The van der Waals surface area contributed by atoms with Crippen molar-refractivity contribution in [3.8, 4) is 0 Å². The number of nitrogens with zero attached hydrogens (tertiary/aromatic N) is 2. The van der Waals surface area contributed by atoms with Crippen molar-refractivity contribution in [3.63, 3.8) is 0 Å². The first-order chi connectivity index (χ1) is 10.2. The number of hydrogen-bond acceptors (Lipinski definition) is 3. The zero-order valence-corrected chi connectivity index (χ0v) is 12.0. The molecule has 0 unspecified atom stereocenters. The number of piperazine rings is 1. The van der Waals surface area contributed by atoms with Gasteiger partial charge in [-0.1, -0.05) is 30.3 Å². The van der Waals surface area contributed by atoms with E-state index in [-0.39, 0.29) is 5.82 Å². The number of hydrogen-bond donors (Lipinski definition) is 1. The lowest BCUT2D eigenvalue weighted by molar-refractivity contribution is 0.250. The Morgan fingerprint density at radius 2 is 1.67 bits per heavy atom. The van der Waals surface area contributed by atoms with E-state index in [2.05, 4.69) is 34.1 Å². The number of anilines is 2. The van der Waals surface area contributed by atoms with Crippen LogP contribution < -0.4 is 10.6 Å². The van der Waals surface area contributed by atoms with Gasteiger partial charge in [0, 0.05) is 32.7 Å². The molecule has 0 aliphatic carbocycles. The van der Waals surface area contributed by atoms with Crippen molar-refractivity contribution in [3.05, 3.63) is 59.9 Å². The normalized spacial score (nSPS) is 16.1. The highest BCUT2D eigenvalue weighted by Crippen LogP contribution is 2.25. The number of nitrogen functional groups attached to an aromatic ring is 1. The molecule has 1 aliphatic rings. The summed E-state index contributed by atoms with van der Waals surface area (Å²) in [7, 11) is 0. The van der Waals surface area contributed by atoms with E-state index in [1.165, 1.54) is 17.7 Å². The first-order valence-electron chi connectivity index (χ1n) is 7.28. The van der Waals surface area contributed by atoms with E-state index in [0.717, 1.165) is 38.4 Å². The van der Waals surface area contributed by atoms with Crippen LogP contribution in [-0.4, -0.2) is 31.1 Å². The van der Waals surface area contributed by atoms with Crippen LogP contribution in [0.3, 0.4) is 0 Å². The fourth-order valence-corrected chi connectivity index (χ4v) is 2.78. The van der Waals surface area contributed by atoms with Gasteiger partial charge in [-0.3, -0.25) is 4.90 Å². The second kappa shape index (κ2) is 6.14. The topological polar surface area (TPSA) is 32.5 Å². The van der Waals surface area contributed by atoms with Gasteiger partial charge in [-0.15, -0.1) is 0 Å². The third-order valence-corrected chi connectivity index (χ3v) is 3.95. The minimum atomic E-state index is -0.231. The predicted octanol–water partition coefficient (Wildman–Crippen LogP) is 2.73. The molecule has 2 aromatic carbocycles. The summed E-state index contributed by atoms with van der Waals surface area (Å²) in [6.45, 7) is 4.64. The molecule has 110 valence electrons. The van der Waals surface area contributed by atoms with Gasteiger partial charge >= 0.3 is 0 Å². The highest BCUT2D eigenvalue weighted by Gasteiger charge is 2.19. The molecular formula is C17H20FN3. The molecule has 1 heterocycles. The monoisotopic (exact) mass is 285 g/mol. The molecule has 0 radical (unpaired) electrons. The molecule has 0 bridgehead atoms. The second-order valence-electron chi connectivity index (χ2n) is 5.45. The van der Waals surface area contributed by atoms with Gasteiger partial charge in [0.05, 0.1) is 11.4 Å². The minimum Gasteiger partial charge on any atom is -0.397 e. The maximum absolute atomic E-state index is 13.4. The molecule has 0 aromatic heterocycles. The van der Waals surface area contributed by atoms with Gasteiger partial charge in [-0.25, -0.2) is 4.39 Å². The zero-order valence-electron chi connectivity index (χ0n) is 12.0. The average molecular weight is 285 g/mol. The standard InChI is InChI=1S/C17H20FN3/c18-15-6-7-16(19)17(12-15)21-10-8-20(9-11-21)13-14-4-2-1-3-5-14/h1-7,12H,8-11,13,19H2. The fourth-order valence-electron chi connectivity index (χ4n) is 2.78. The Morgan fingerprint density at radius 1 is 0.952 bits per heavy atom. The first kappa shape index (κ1) is 13.9. The number of rotatable bonds is 3. The molecule has 2 aromatic rings. The first-order valence-corrected chi connectivity index (χ1v) is 7.28. The summed E-state index contributed by atoms with van der Waals surface area (Å²) >= 11 is 0. The summed E-state index contributed by atoms with van der Waals surface area (Å²) in [5, 5.41) is 0. The smallest absolute Gasteiger partial charge is 0.125 e. The third kappa shape index (κ3) is 3.34. The number of nitrogens with two attached hydrogens (primary N) is 1. The summed E-state index contributed by atoms with van der Waals surface area (Å²) in [5.74, 6) is -0.231. The van der Waals surface area contributed by atoms with E-state index >= 15 is 0 Å². The van der Waals surface area contributed by atoms with E-state index in [1.54, 1.807) is 6.07 Å². The maximum Gasteiger partial charge on any atom is 0.125 e. The SMILES string of the molecule is Nc1ccc(F)cc1N1CCN(Cc2ccccc2)CC1. The molecule has 4 heteroatoms. The van der Waals surface area contributed by atoms with Gasteiger partial charge in [-0.2, -0.15) is 0 Å². The molecule has 3 rings (SSSR count). The molecule has 1 aliphatic heterocycles. The van der Waals surface area contributed by atoms with Crippen molar-refractivity contribution in [2.24, 2.45) is 0 Å². The van der Waals surface area contributed by atoms with Crippen LogP contribution in [0.1, 0.15) is 5.56 Å². The molecular weight excluding hydrogens is 265 g/mol. The van der Waals surface area contributed by atoms with E-state index in [1.807, 2.05) is 6.07 Å². The van der Waals surface area contributed by atoms with Crippen molar-refractivity contribution in [2.75, 3.05) is 36.8 Å². The summed E-state index contributed by atoms with van der Waals surface area (Å²) in [4.78, 5) is 4.58. The van der Waals surface area contributed by atoms with Crippen LogP contribution in [0.5, 0.6) is 0 Å². The van der Waals surface area contributed by atoms with Crippen molar-refractivity contribution in [1.29, 1.82) is 0 Å². The number of benzene rings is 2. The van der Waals surface area contributed by atoms with Crippen LogP contribution in [0.2, 0.25) is 0 Å². The van der Waals surface area contributed by atoms with Gasteiger partial charge in [-0.05, 0) is 23.8 Å². The number of halogens is 1. The van der Waals surface area contributed by atoms with Gasteiger partial charge in [0.15, 0.2) is 0 Å². The Balaban J connectivity index is 1.61. The largest absolute Gasteiger partial charge is 0.397 e. The maximum atomic E-state index is 13.4. The fraction of sp³-hybridized carbons (Fsp3) is 0.294. The van der Waals surface area contributed by atoms with E-state index in [4.69, 9.17) is 5.73 Å². The third-order valence-electron chi connectivity index (χ3n) is 3.95. The Bertz CT molecular complexity index is 592. The van der Waals surface area contributed by atoms with E-state index < -0.39 is 0 Å². The highest BCUT2D eigenvalue weighted by molar-refractivity contribution is 5.67. The Morgan fingerprint density at radius 3 is 2.38 bits per heavy atom. The lowest BCUT2D eigenvalue weighted by Crippen LogP contribution is -2.46. The Labute approximate surface area is 124 Å². The van der Waals surface area contributed by atoms with Gasteiger partial charge in [0.25, 0.3) is 0 Å². The molecule has 0 amide bonds. The minimum absolute atomic E-state index is 0.231. The quantitative estimate of drug-likeness (QED) is 0.880. The van der Waals surface area contributed by atoms with Crippen LogP contribution >= 0.6 is 0 Å². The van der Waals surface area contributed by atoms with Gasteiger partial charge in [0.1, 0.15) is 5.82 Å². The van der Waals surface area contributed by atoms with Crippen molar-refractivity contribution in [2.45, 2.75) is 6.54 Å². The molecule has 1 fully saturated rings. The van der Waals surface area contributed by atoms with Crippen molar-refractivity contribution in [1.82, 2.24) is 4.90 Å². The molecule has 3 nitrogen and oxygen atoms in total. The molecule has 0 spiro atoms. The van der Waals surface area contributed by atoms with Crippen LogP contribution in [0.4, 0.5) is 15.8 Å². The molecule has 1 saturated heterocycles. The van der Waals surface area contributed by atoms with E-state index in [9.17, 15) is 4.39 Å². The molecule has 0 atom stereocenters. The Kier molecular flexibility index (Phi) is 4.06. The van der Waals surface area contributed by atoms with Crippen LogP contribution in [0.15, 0.2) is 48.5 Å². The average Bonchev–Trinajstić information content (AvgIpc) is 2.52. The summed E-state index contributed by atoms with van der Waals surface area (Å²) in [5.41, 5.74) is 8.75.